The van der Waals surface area contributed by atoms with Crippen molar-refractivity contribution in [2.24, 2.45) is 10.9 Å². The van der Waals surface area contributed by atoms with E-state index in [0.29, 0.717) is 24.3 Å². The molecule has 1 amide bonds. The van der Waals surface area contributed by atoms with Crippen LogP contribution in [0, 0.1) is 12.8 Å². The fourth-order valence-electron chi connectivity index (χ4n) is 4.01. The third kappa shape index (κ3) is 8.18. The van der Waals surface area contributed by atoms with Crippen LogP contribution in [-0.2, 0) is 4.74 Å². The molecule has 1 aliphatic rings. The molecule has 1 fully saturated rings. The SMILES string of the molecule is CCNC(=NCC(C(CC)CC)N1CCOCC1)NCCCNC(=O)c1occc1C. The number of furan rings is 1. The van der Waals surface area contributed by atoms with Crippen LogP contribution >= 0.6 is 0 Å². The van der Waals surface area contributed by atoms with Gasteiger partial charge in [-0.05, 0) is 32.3 Å². The molecule has 31 heavy (non-hydrogen) atoms. The van der Waals surface area contributed by atoms with Gasteiger partial charge in [0, 0.05) is 44.3 Å². The Bertz CT molecular complexity index is 666. The van der Waals surface area contributed by atoms with Crippen LogP contribution in [0.1, 0.15) is 56.2 Å². The van der Waals surface area contributed by atoms with Crippen molar-refractivity contribution in [3.63, 3.8) is 0 Å². The molecule has 0 spiro atoms. The molecule has 1 aromatic rings. The maximum Gasteiger partial charge on any atom is 0.287 e. The van der Waals surface area contributed by atoms with Crippen molar-refractivity contribution in [3.05, 3.63) is 23.7 Å². The largest absolute Gasteiger partial charge is 0.459 e. The molecule has 1 aromatic heterocycles. The zero-order valence-corrected chi connectivity index (χ0v) is 19.7. The lowest BCUT2D eigenvalue weighted by Crippen LogP contribution is -2.49. The van der Waals surface area contributed by atoms with Gasteiger partial charge in [-0.15, -0.1) is 0 Å². The summed E-state index contributed by atoms with van der Waals surface area (Å²) in [4.78, 5) is 19.5. The molecule has 0 saturated carbocycles. The molecule has 0 radical (unpaired) electrons. The highest BCUT2D eigenvalue weighted by molar-refractivity contribution is 5.92. The molecule has 2 rings (SSSR count). The predicted molar refractivity (Wildman–Crippen MR) is 125 cm³/mol. The van der Waals surface area contributed by atoms with E-state index >= 15 is 0 Å². The summed E-state index contributed by atoms with van der Waals surface area (Å²) < 4.78 is 10.8. The van der Waals surface area contributed by atoms with Crippen molar-refractivity contribution in [1.29, 1.82) is 0 Å². The van der Waals surface area contributed by atoms with Crippen LogP contribution in [-0.4, -0.2) is 75.3 Å². The molecular formula is C23H41N5O3. The number of hydrogen-bond acceptors (Lipinski definition) is 5. The van der Waals surface area contributed by atoms with Crippen molar-refractivity contribution in [3.8, 4) is 0 Å². The third-order valence-corrected chi connectivity index (χ3v) is 5.89. The molecule has 8 heteroatoms. The van der Waals surface area contributed by atoms with Crippen molar-refractivity contribution >= 4 is 11.9 Å². The zero-order valence-electron chi connectivity index (χ0n) is 19.7. The van der Waals surface area contributed by atoms with Crippen molar-refractivity contribution in [2.75, 3.05) is 52.5 Å². The van der Waals surface area contributed by atoms with Crippen LogP contribution in [0.25, 0.3) is 0 Å². The third-order valence-electron chi connectivity index (χ3n) is 5.89. The summed E-state index contributed by atoms with van der Waals surface area (Å²) in [7, 11) is 0. The zero-order chi connectivity index (χ0) is 22.5. The number of carbonyl (C=O) groups excluding carboxylic acids is 1. The molecule has 0 aromatic carbocycles. The average molecular weight is 436 g/mol. The molecule has 8 nitrogen and oxygen atoms in total. The number of carbonyl (C=O) groups is 1. The van der Waals surface area contributed by atoms with E-state index in [1.807, 2.05) is 6.92 Å². The first-order valence-corrected chi connectivity index (χ1v) is 11.8. The highest BCUT2D eigenvalue weighted by atomic mass is 16.5. The maximum absolute atomic E-state index is 12.1. The number of hydrogen-bond donors (Lipinski definition) is 3. The number of ether oxygens (including phenoxy) is 1. The first-order valence-electron chi connectivity index (χ1n) is 11.8. The molecule has 1 saturated heterocycles. The Kier molecular flexibility index (Phi) is 11.5. The number of nitrogens with zero attached hydrogens (tertiary/aromatic N) is 2. The second-order valence-electron chi connectivity index (χ2n) is 7.98. The molecule has 176 valence electrons. The van der Waals surface area contributed by atoms with E-state index in [9.17, 15) is 4.79 Å². The van der Waals surface area contributed by atoms with Gasteiger partial charge in [-0.3, -0.25) is 14.7 Å². The van der Waals surface area contributed by atoms with Gasteiger partial charge in [-0.25, -0.2) is 0 Å². The van der Waals surface area contributed by atoms with Crippen LogP contribution in [0.5, 0.6) is 0 Å². The Balaban J connectivity index is 1.83. The molecule has 2 heterocycles. The molecule has 0 aliphatic carbocycles. The van der Waals surface area contributed by atoms with Crippen molar-refractivity contribution < 1.29 is 13.9 Å². The Morgan fingerprint density at radius 3 is 2.45 bits per heavy atom. The number of rotatable bonds is 12. The van der Waals surface area contributed by atoms with Crippen LogP contribution in [0.3, 0.4) is 0 Å². The lowest BCUT2D eigenvalue weighted by atomic mass is 9.92. The standard InChI is InChI=1S/C23H41N5O3/c1-5-19(6-2)20(28-12-15-30-16-13-28)17-27-23(24-7-3)26-11-8-10-25-22(29)21-18(4)9-14-31-21/h9,14,19-20H,5-8,10-13,15-17H2,1-4H3,(H,25,29)(H2,24,26,27). The van der Waals surface area contributed by atoms with Crippen molar-refractivity contribution in [2.45, 2.75) is 53.0 Å². The van der Waals surface area contributed by atoms with Crippen LogP contribution < -0.4 is 16.0 Å². The van der Waals surface area contributed by atoms with Gasteiger partial charge in [-0.2, -0.15) is 0 Å². The molecule has 1 atom stereocenters. The minimum atomic E-state index is -0.165. The minimum Gasteiger partial charge on any atom is -0.459 e. The first-order chi connectivity index (χ1) is 15.1. The van der Waals surface area contributed by atoms with E-state index in [2.05, 4.69) is 41.6 Å². The number of aliphatic imine (C=N–C) groups is 1. The number of morpholine rings is 1. The Labute approximate surface area is 187 Å². The van der Waals surface area contributed by atoms with Crippen LogP contribution in [0.2, 0.25) is 0 Å². The molecule has 3 N–H and O–H groups in total. The second kappa shape index (κ2) is 14.1. The number of aryl methyl sites for hydroxylation is 1. The number of guanidine groups is 1. The molecular weight excluding hydrogens is 394 g/mol. The normalized spacial score (nSPS) is 16.4. The summed E-state index contributed by atoms with van der Waals surface area (Å²) in [6.45, 7) is 15.0. The first kappa shape index (κ1) is 25.2. The lowest BCUT2D eigenvalue weighted by molar-refractivity contribution is 0.00395. The minimum absolute atomic E-state index is 0.165. The topological polar surface area (TPSA) is 91.1 Å². The van der Waals surface area contributed by atoms with E-state index < -0.39 is 0 Å². The van der Waals surface area contributed by atoms with E-state index in [1.165, 1.54) is 6.26 Å². The second-order valence-corrected chi connectivity index (χ2v) is 7.98. The van der Waals surface area contributed by atoms with Gasteiger partial charge in [-0.1, -0.05) is 26.7 Å². The van der Waals surface area contributed by atoms with E-state index in [-0.39, 0.29) is 5.91 Å². The summed E-state index contributed by atoms with van der Waals surface area (Å²) in [6.07, 6.45) is 4.66. The van der Waals surface area contributed by atoms with E-state index in [4.69, 9.17) is 14.1 Å². The fourth-order valence-corrected chi connectivity index (χ4v) is 4.01. The van der Waals surface area contributed by atoms with Crippen molar-refractivity contribution in [1.82, 2.24) is 20.9 Å². The summed E-state index contributed by atoms with van der Waals surface area (Å²) in [6, 6.07) is 2.23. The smallest absolute Gasteiger partial charge is 0.287 e. The Morgan fingerprint density at radius 2 is 1.84 bits per heavy atom. The van der Waals surface area contributed by atoms with Gasteiger partial charge >= 0.3 is 0 Å². The molecule has 1 aliphatic heterocycles. The van der Waals surface area contributed by atoms with Gasteiger partial charge in [0.15, 0.2) is 11.7 Å². The van der Waals surface area contributed by atoms with E-state index in [0.717, 1.165) is 76.7 Å². The summed E-state index contributed by atoms with van der Waals surface area (Å²) in [5, 5.41) is 9.64. The summed E-state index contributed by atoms with van der Waals surface area (Å²) in [5.41, 5.74) is 0.851. The van der Waals surface area contributed by atoms with Gasteiger partial charge in [0.2, 0.25) is 0 Å². The number of nitrogens with one attached hydrogen (secondary N) is 3. The number of amides is 1. The Hall–Kier alpha value is -2.06. The average Bonchev–Trinajstić information content (AvgIpc) is 3.22. The quantitative estimate of drug-likeness (QED) is 0.265. The summed E-state index contributed by atoms with van der Waals surface area (Å²) in [5.74, 6) is 1.69. The highest BCUT2D eigenvalue weighted by Gasteiger charge is 2.26. The summed E-state index contributed by atoms with van der Waals surface area (Å²) >= 11 is 0. The van der Waals surface area contributed by atoms with Gasteiger partial charge < -0.3 is 25.1 Å². The monoisotopic (exact) mass is 435 g/mol. The predicted octanol–water partition coefficient (Wildman–Crippen LogP) is 2.40. The highest BCUT2D eigenvalue weighted by Crippen LogP contribution is 2.20. The fraction of sp³-hybridized carbons (Fsp3) is 0.739. The van der Waals surface area contributed by atoms with Crippen LogP contribution in [0.4, 0.5) is 0 Å². The van der Waals surface area contributed by atoms with Gasteiger partial charge in [0.05, 0.1) is 26.0 Å². The molecule has 1 unspecified atom stereocenters. The Morgan fingerprint density at radius 1 is 1.13 bits per heavy atom. The van der Waals surface area contributed by atoms with Gasteiger partial charge in [0.1, 0.15) is 0 Å². The maximum atomic E-state index is 12.1. The van der Waals surface area contributed by atoms with Gasteiger partial charge in [0.25, 0.3) is 5.91 Å². The van der Waals surface area contributed by atoms with E-state index in [1.54, 1.807) is 6.07 Å². The molecule has 0 bridgehead atoms. The lowest BCUT2D eigenvalue weighted by Gasteiger charge is -2.38. The van der Waals surface area contributed by atoms with Crippen LogP contribution in [0.15, 0.2) is 21.7 Å².